The van der Waals surface area contributed by atoms with E-state index in [4.69, 9.17) is 4.74 Å². The molecule has 0 amide bonds. The van der Waals surface area contributed by atoms with E-state index in [9.17, 15) is 0 Å². The molecule has 24 heavy (non-hydrogen) atoms. The molecule has 0 aliphatic carbocycles. The summed E-state index contributed by atoms with van der Waals surface area (Å²) in [6.45, 7) is 7.72. The molecule has 3 heterocycles. The lowest BCUT2D eigenvalue weighted by molar-refractivity contribution is 0.151. The molecule has 3 rings (SSSR count). The highest BCUT2D eigenvalue weighted by molar-refractivity contribution is 5.29. The highest BCUT2D eigenvalue weighted by Crippen LogP contribution is 2.22. The minimum atomic E-state index is 0.693. The number of aromatic nitrogens is 2. The Bertz CT molecular complexity index is 478. The van der Waals surface area contributed by atoms with Gasteiger partial charge in [0.2, 0.25) is 5.95 Å². The number of hydrogen-bond donors (Lipinski definition) is 0. The summed E-state index contributed by atoms with van der Waals surface area (Å²) in [7, 11) is 4.09. The quantitative estimate of drug-likeness (QED) is 0.750. The van der Waals surface area contributed by atoms with E-state index in [-0.39, 0.29) is 0 Å². The van der Waals surface area contributed by atoms with Crippen LogP contribution in [-0.2, 0) is 4.74 Å². The van der Waals surface area contributed by atoms with Crippen molar-refractivity contribution in [2.24, 2.45) is 5.92 Å². The van der Waals surface area contributed by atoms with Crippen molar-refractivity contribution in [2.45, 2.75) is 25.3 Å². The molecule has 0 radical (unpaired) electrons. The predicted octanol–water partition coefficient (Wildman–Crippen LogP) is 1.35. The minimum Gasteiger partial charge on any atom is -0.383 e. The molecular formula is C18H31N5O. The summed E-state index contributed by atoms with van der Waals surface area (Å²) < 4.78 is 5.19. The van der Waals surface area contributed by atoms with Crippen molar-refractivity contribution in [2.75, 3.05) is 64.9 Å². The lowest BCUT2D eigenvalue weighted by atomic mass is 10.0. The molecule has 1 aromatic heterocycles. The smallest absolute Gasteiger partial charge is 0.225 e. The molecule has 0 N–H and O–H groups in total. The first kappa shape index (κ1) is 17.6. The normalized spacial score (nSPS) is 23.3. The molecule has 0 spiro atoms. The Morgan fingerprint density at radius 3 is 2.62 bits per heavy atom. The number of methoxy groups -OCH3 is 1. The molecule has 0 saturated carbocycles. The maximum atomic E-state index is 5.19. The van der Waals surface area contributed by atoms with Gasteiger partial charge in [0.15, 0.2) is 0 Å². The summed E-state index contributed by atoms with van der Waals surface area (Å²) in [5.74, 6) is 1.69. The van der Waals surface area contributed by atoms with Crippen molar-refractivity contribution >= 4 is 5.95 Å². The van der Waals surface area contributed by atoms with Crippen LogP contribution in [0.1, 0.15) is 19.3 Å². The van der Waals surface area contributed by atoms with Crippen LogP contribution in [0.3, 0.4) is 0 Å². The lowest BCUT2D eigenvalue weighted by Crippen LogP contribution is -2.45. The van der Waals surface area contributed by atoms with E-state index in [1.165, 1.54) is 38.9 Å². The fourth-order valence-electron chi connectivity index (χ4n) is 4.00. The van der Waals surface area contributed by atoms with Crippen molar-refractivity contribution in [3.05, 3.63) is 18.5 Å². The first-order chi connectivity index (χ1) is 11.8. The Labute approximate surface area is 145 Å². The van der Waals surface area contributed by atoms with Gasteiger partial charge in [-0.25, -0.2) is 9.97 Å². The topological polar surface area (TPSA) is 44.7 Å². The summed E-state index contributed by atoms with van der Waals surface area (Å²) >= 11 is 0. The monoisotopic (exact) mass is 333 g/mol. The van der Waals surface area contributed by atoms with Gasteiger partial charge in [0.1, 0.15) is 0 Å². The highest BCUT2D eigenvalue weighted by atomic mass is 16.5. The first-order valence-electron chi connectivity index (χ1n) is 9.19. The molecule has 0 bridgehead atoms. The van der Waals surface area contributed by atoms with Gasteiger partial charge in [-0.2, -0.15) is 0 Å². The van der Waals surface area contributed by atoms with Gasteiger partial charge in [-0.3, -0.25) is 0 Å². The molecule has 2 fully saturated rings. The van der Waals surface area contributed by atoms with E-state index in [2.05, 4.69) is 31.7 Å². The van der Waals surface area contributed by atoms with E-state index in [0.717, 1.165) is 38.1 Å². The summed E-state index contributed by atoms with van der Waals surface area (Å²) in [5.41, 5.74) is 0. The highest BCUT2D eigenvalue weighted by Gasteiger charge is 2.28. The van der Waals surface area contributed by atoms with Gasteiger partial charge in [-0.15, -0.1) is 0 Å². The van der Waals surface area contributed by atoms with Crippen LogP contribution >= 0.6 is 0 Å². The van der Waals surface area contributed by atoms with E-state index in [1.807, 2.05) is 18.5 Å². The van der Waals surface area contributed by atoms with Crippen LogP contribution in [-0.4, -0.2) is 85.8 Å². The SMILES string of the molecule is COCCN1CCC(CN(C)C2CCN(c3ncccn3)CC2)C1. The van der Waals surface area contributed by atoms with Crippen molar-refractivity contribution in [1.29, 1.82) is 0 Å². The number of likely N-dealkylation sites (tertiary alicyclic amines) is 1. The second-order valence-corrected chi connectivity index (χ2v) is 7.15. The number of hydrogen-bond acceptors (Lipinski definition) is 6. The van der Waals surface area contributed by atoms with Crippen molar-refractivity contribution < 1.29 is 4.74 Å². The summed E-state index contributed by atoms with van der Waals surface area (Å²) in [4.78, 5) is 16.2. The van der Waals surface area contributed by atoms with Gasteiger partial charge in [0.05, 0.1) is 6.61 Å². The summed E-state index contributed by atoms with van der Waals surface area (Å²) in [6, 6.07) is 2.57. The van der Waals surface area contributed by atoms with Gasteiger partial charge in [-0.05, 0) is 44.8 Å². The van der Waals surface area contributed by atoms with Gasteiger partial charge in [0.25, 0.3) is 0 Å². The fraction of sp³-hybridized carbons (Fsp3) is 0.778. The van der Waals surface area contributed by atoms with Crippen LogP contribution in [0.5, 0.6) is 0 Å². The Morgan fingerprint density at radius 2 is 1.92 bits per heavy atom. The second-order valence-electron chi connectivity index (χ2n) is 7.15. The number of anilines is 1. The zero-order chi connectivity index (χ0) is 16.8. The maximum Gasteiger partial charge on any atom is 0.225 e. The average molecular weight is 333 g/mol. The number of ether oxygens (including phenoxy) is 1. The van der Waals surface area contributed by atoms with E-state index < -0.39 is 0 Å². The predicted molar refractivity (Wildman–Crippen MR) is 96.3 cm³/mol. The number of piperidine rings is 1. The van der Waals surface area contributed by atoms with E-state index in [0.29, 0.717) is 6.04 Å². The fourth-order valence-corrected chi connectivity index (χ4v) is 4.00. The van der Waals surface area contributed by atoms with Crippen LogP contribution in [0.2, 0.25) is 0 Å². The number of nitrogens with zero attached hydrogens (tertiary/aromatic N) is 5. The van der Waals surface area contributed by atoms with Crippen LogP contribution in [0.15, 0.2) is 18.5 Å². The molecular weight excluding hydrogens is 302 g/mol. The van der Waals surface area contributed by atoms with Gasteiger partial charge in [-0.1, -0.05) is 0 Å². The van der Waals surface area contributed by atoms with Crippen LogP contribution < -0.4 is 4.90 Å². The van der Waals surface area contributed by atoms with Crippen molar-refractivity contribution in [3.63, 3.8) is 0 Å². The Kier molecular flexibility index (Phi) is 6.40. The van der Waals surface area contributed by atoms with Gasteiger partial charge >= 0.3 is 0 Å². The third-order valence-electron chi connectivity index (χ3n) is 5.45. The molecule has 6 heteroatoms. The maximum absolute atomic E-state index is 5.19. The standard InChI is InChI=1S/C18H31N5O/c1-21(14-16-4-9-22(15-16)12-13-24-2)17-5-10-23(11-6-17)18-19-7-3-8-20-18/h3,7-8,16-17H,4-6,9-15H2,1-2H3. The van der Waals surface area contributed by atoms with Crippen LogP contribution in [0.25, 0.3) is 0 Å². The van der Waals surface area contributed by atoms with Gasteiger partial charge < -0.3 is 19.4 Å². The molecule has 6 nitrogen and oxygen atoms in total. The Balaban J connectivity index is 1.40. The van der Waals surface area contributed by atoms with Gasteiger partial charge in [0, 0.05) is 58.3 Å². The molecule has 1 aromatic rings. The molecule has 2 aliphatic rings. The van der Waals surface area contributed by atoms with E-state index in [1.54, 1.807) is 7.11 Å². The molecule has 0 aromatic carbocycles. The zero-order valence-corrected chi connectivity index (χ0v) is 15.1. The lowest BCUT2D eigenvalue weighted by Gasteiger charge is -2.37. The van der Waals surface area contributed by atoms with E-state index >= 15 is 0 Å². The summed E-state index contributed by atoms with van der Waals surface area (Å²) in [5, 5.41) is 0. The Hall–Kier alpha value is -1.24. The third-order valence-corrected chi connectivity index (χ3v) is 5.45. The van der Waals surface area contributed by atoms with Crippen molar-refractivity contribution in [1.82, 2.24) is 19.8 Å². The molecule has 134 valence electrons. The van der Waals surface area contributed by atoms with Crippen LogP contribution in [0, 0.1) is 5.92 Å². The average Bonchev–Trinajstić information content (AvgIpc) is 3.08. The molecule has 1 atom stereocenters. The second kappa shape index (κ2) is 8.74. The molecule has 1 unspecified atom stereocenters. The Morgan fingerprint density at radius 1 is 1.17 bits per heavy atom. The third kappa shape index (κ3) is 4.65. The zero-order valence-electron chi connectivity index (χ0n) is 15.1. The molecule has 2 aliphatic heterocycles. The number of rotatable bonds is 7. The largest absolute Gasteiger partial charge is 0.383 e. The molecule has 2 saturated heterocycles. The summed E-state index contributed by atoms with van der Waals surface area (Å²) in [6.07, 6.45) is 7.39. The van der Waals surface area contributed by atoms with Crippen molar-refractivity contribution in [3.8, 4) is 0 Å². The minimum absolute atomic E-state index is 0.693. The first-order valence-corrected chi connectivity index (χ1v) is 9.19. The van der Waals surface area contributed by atoms with Crippen LogP contribution in [0.4, 0.5) is 5.95 Å².